The lowest BCUT2D eigenvalue weighted by molar-refractivity contribution is -0.122. The number of amides is 1. The van der Waals surface area contributed by atoms with Crippen molar-refractivity contribution in [1.82, 2.24) is 5.32 Å². The SMILES string of the molecule is CCCCCCCCCC(=O)NC(CCO)C(C)C. The molecule has 0 aliphatic rings. The van der Waals surface area contributed by atoms with Crippen molar-refractivity contribution in [2.75, 3.05) is 6.61 Å². The minimum absolute atomic E-state index is 0.113. The van der Waals surface area contributed by atoms with Crippen molar-refractivity contribution in [2.45, 2.75) is 84.6 Å². The summed E-state index contributed by atoms with van der Waals surface area (Å²) in [5, 5.41) is 12.0. The van der Waals surface area contributed by atoms with Crippen LogP contribution in [-0.2, 0) is 4.79 Å². The molecule has 1 atom stereocenters. The minimum atomic E-state index is 0.113. The Hall–Kier alpha value is -0.570. The molecule has 0 aromatic carbocycles. The van der Waals surface area contributed by atoms with Crippen molar-refractivity contribution in [2.24, 2.45) is 5.92 Å². The van der Waals surface area contributed by atoms with E-state index in [1.54, 1.807) is 0 Å². The summed E-state index contributed by atoms with van der Waals surface area (Å²) in [7, 11) is 0. The van der Waals surface area contributed by atoms with Gasteiger partial charge in [0.05, 0.1) is 0 Å². The van der Waals surface area contributed by atoms with E-state index in [2.05, 4.69) is 26.1 Å². The van der Waals surface area contributed by atoms with Gasteiger partial charge in [-0.25, -0.2) is 0 Å². The van der Waals surface area contributed by atoms with Crippen LogP contribution in [0, 0.1) is 5.92 Å². The van der Waals surface area contributed by atoms with Gasteiger partial charge in [-0.3, -0.25) is 4.79 Å². The van der Waals surface area contributed by atoms with Gasteiger partial charge in [0.1, 0.15) is 0 Å². The number of unbranched alkanes of at least 4 members (excludes halogenated alkanes) is 6. The van der Waals surface area contributed by atoms with Crippen LogP contribution in [0.15, 0.2) is 0 Å². The number of carbonyl (C=O) groups excluding carboxylic acids is 1. The van der Waals surface area contributed by atoms with Crippen molar-refractivity contribution >= 4 is 5.91 Å². The highest BCUT2D eigenvalue weighted by molar-refractivity contribution is 5.76. The Morgan fingerprint density at radius 1 is 1.05 bits per heavy atom. The fourth-order valence-corrected chi connectivity index (χ4v) is 2.23. The monoisotopic (exact) mass is 271 g/mol. The summed E-state index contributed by atoms with van der Waals surface area (Å²) in [6.45, 7) is 6.52. The molecule has 0 aromatic heterocycles. The lowest BCUT2D eigenvalue weighted by Gasteiger charge is -2.21. The van der Waals surface area contributed by atoms with Crippen LogP contribution in [0.1, 0.15) is 78.6 Å². The number of rotatable bonds is 12. The van der Waals surface area contributed by atoms with Crippen LogP contribution in [0.2, 0.25) is 0 Å². The lowest BCUT2D eigenvalue weighted by atomic mass is 10.0. The van der Waals surface area contributed by atoms with Crippen LogP contribution in [-0.4, -0.2) is 23.7 Å². The van der Waals surface area contributed by atoms with Gasteiger partial charge in [0.2, 0.25) is 5.91 Å². The zero-order valence-corrected chi connectivity index (χ0v) is 13.1. The van der Waals surface area contributed by atoms with E-state index in [1.807, 2.05) is 0 Å². The molecule has 19 heavy (non-hydrogen) atoms. The first-order valence-corrected chi connectivity index (χ1v) is 8.02. The molecule has 3 heteroatoms. The summed E-state index contributed by atoms with van der Waals surface area (Å²) in [6, 6.07) is 0.113. The van der Waals surface area contributed by atoms with E-state index in [-0.39, 0.29) is 18.6 Å². The van der Waals surface area contributed by atoms with E-state index in [0.717, 1.165) is 12.8 Å². The highest BCUT2D eigenvalue weighted by Crippen LogP contribution is 2.10. The number of hydrogen-bond donors (Lipinski definition) is 2. The summed E-state index contributed by atoms with van der Waals surface area (Å²) in [4.78, 5) is 11.8. The van der Waals surface area contributed by atoms with Gasteiger partial charge in [-0.05, 0) is 18.8 Å². The van der Waals surface area contributed by atoms with Crippen LogP contribution < -0.4 is 5.32 Å². The maximum absolute atomic E-state index is 11.8. The zero-order chi connectivity index (χ0) is 14.5. The topological polar surface area (TPSA) is 49.3 Å². The minimum Gasteiger partial charge on any atom is -0.396 e. The largest absolute Gasteiger partial charge is 0.396 e. The van der Waals surface area contributed by atoms with Crippen LogP contribution in [0.4, 0.5) is 0 Å². The summed E-state index contributed by atoms with van der Waals surface area (Å²) >= 11 is 0. The number of carbonyl (C=O) groups is 1. The molecular formula is C16H33NO2. The normalized spacial score (nSPS) is 12.7. The molecule has 0 aliphatic carbocycles. The third-order valence-electron chi connectivity index (χ3n) is 3.60. The first-order chi connectivity index (χ1) is 9.11. The molecule has 0 radical (unpaired) electrons. The van der Waals surface area contributed by atoms with E-state index in [0.29, 0.717) is 18.8 Å². The molecule has 0 rings (SSSR count). The third-order valence-corrected chi connectivity index (χ3v) is 3.60. The van der Waals surface area contributed by atoms with Gasteiger partial charge in [-0.2, -0.15) is 0 Å². The molecule has 0 heterocycles. The van der Waals surface area contributed by atoms with Crippen molar-refractivity contribution in [3.8, 4) is 0 Å². The quantitative estimate of drug-likeness (QED) is 0.532. The van der Waals surface area contributed by atoms with E-state index < -0.39 is 0 Å². The predicted molar refractivity (Wildman–Crippen MR) is 81.1 cm³/mol. The molecule has 114 valence electrons. The molecular weight excluding hydrogens is 238 g/mol. The summed E-state index contributed by atoms with van der Waals surface area (Å²) in [5.41, 5.74) is 0. The third kappa shape index (κ3) is 11.0. The van der Waals surface area contributed by atoms with Crippen LogP contribution >= 0.6 is 0 Å². The van der Waals surface area contributed by atoms with Crippen molar-refractivity contribution in [3.05, 3.63) is 0 Å². The number of nitrogens with one attached hydrogen (secondary N) is 1. The Morgan fingerprint density at radius 3 is 2.16 bits per heavy atom. The maximum atomic E-state index is 11.8. The van der Waals surface area contributed by atoms with E-state index in [1.165, 1.54) is 32.1 Å². The highest BCUT2D eigenvalue weighted by Gasteiger charge is 2.14. The maximum Gasteiger partial charge on any atom is 0.220 e. The van der Waals surface area contributed by atoms with Gasteiger partial charge >= 0.3 is 0 Å². The van der Waals surface area contributed by atoms with Gasteiger partial charge < -0.3 is 10.4 Å². The average Bonchev–Trinajstić information content (AvgIpc) is 2.37. The second kappa shape index (κ2) is 12.5. The molecule has 1 unspecified atom stereocenters. The number of hydrogen-bond acceptors (Lipinski definition) is 2. The van der Waals surface area contributed by atoms with Crippen LogP contribution in [0.3, 0.4) is 0 Å². The molecule has 0 saturated carbocycles. The summed E-state index contributed by atoms with van der Waals surface area (Å²) < 4.78 is 0. The summed E-state index contributed by atoms with van der Waals surface area (Å²) in [6.07, 6.45) is 9.91. The van der Waals surface area contributed by atoms with Crippen molar-refractivity contribution < 1.29 is 9.90 Å². The highest BCUT2D eigenvalue weighted by atomic mass is 16.3. The summed E-state index contributed by atoms with van der Waals surface area (Å²) in [5.74, 6) is 0.519. The lowest BCUT2D eigenvalue weighted by Crippen LogP contribution is -2.39. The first-order valence-electron chi connectivity index (χ1n) is 8.02. The van der Waals surface area contributed by atoms with E-state index >= 15 is 0 Å². The molecule has 3 nitrogen and oxygen atoms in total. The van der Waals surface area contributed by atoms with Gasteiger partial charge in [0.25, 0.3) is 0 Å². The molecule has 1 amide bonds. The van der Waals surface area contributed by atoms with E-state index in [9.17, 15) is 4.79 Å². The Kier molecular flexibility index (Phi) is 12.1. The molecule has 0 bridgehead atoms. The van der Waals surface area contributed by atoms with Crippen molar-refractivity contribution in [3.63, 3.8) is 0 Å². The van der Waals surface area contributed by atoms with Gasteiger partial charge in [0, 0.05) is 19.1 Å². The molecule has 0 spiro atoms. The molecule has 0 saturated heterocycles. The smallest absolute Gasteiger partial charge is 0.220 e. The number of aliphatic hydroxyl groups excluding tert-OH is 1. The Bertz CT molecular complexity index is 217. The Balaban J connectivity index is 3.57. The molecule has 0 aromatic rings. The van der Waals surface area contributed by atoms with Crippen molar-refractivity contribution in [1.29, 1.82) is 0 Å². The fraction of sp³-hybridized carbons (Fsp3) is 0.938. The fourth-order valence-electron chi connectivity index (χ4n) is 2.23. The van der Waals surface area contributed by atoms with Gasteiger partial charge in [0.15, 0.2) is 0 Å². The predicted octanol–water partition coefficient (Wildman–Crippen LogP) is 3.65. The van der Waals surface area contributed by atoms with Gasteiger partial charge in [-0.15, -0.1) is 0 Å². The second-order valence-corrected chi connectivity index (χ2v) is 5.80. The molecule has 0 aliphatic heterocycles. The first kappa shape index (κ1) is 18.4. The van der Waals surface area contributed by atoms with Gasteiger partial charge in [-0.1, -0.05) is 59.3 Å². The van der Waals surface area contributed by atoms with Crippen LogP contribution in [0.25, 0.3) is 0 Å². The van der Waals surface area contributed by atoms with E-state index in [4.69, 9.17) is 5.11 Å². The Labute approximate surface area is 119 Å². The average molecular weight is 271 g/mol. The molecule has 0 fully saturated rings. The zero-order valence-electron chi connectivity index (χ0n) is 13.1. The van der Waals surface area contributed by atoms with Crippen LogP contribution in [0.5, 0.6) is 0 Å². The molecule has 2 N–H and O–H groups in total. The number of aliphatic hydroxyl groups is 1. The standard InChI is InChI=1S/C16H33NO2/c1-4-5-6-7-8-9-10-11-16(19)17-15(12-13-18)14(2)3/h14-15,18H,4-13H2,1-3H3,(H,17,19). The Morgan fingerprint density at radius 2 is 1.63 bits per heavy atom. The second-order valence-electron chi connectivity index (χ2n) is 5.80.